The smallest absolute Gasteiger partial charge is 0.214 e. The van der Waals surface area contributed by atoms with Crippen LogP contribution in [-0.2, 0) is 15.6 Å². The molecule has 2 atom stereocenters. The summed E-state index contributed by atoms with van der Waals surface area (Å²) in [5.41, 5.74) is -0.456. The fourth-order valence-corrected chi connectivity index (χ4v) is 3.67. The molecule has 0 amide bonds. The van der Waals surface area contributed by atoms with Gasteiger partial charge < -0.3 is 5.11 Å². The Hall–Kier alpha value is -0.620. The maximum atomic E-state index is 12.0. The van der Waals surface area contributed by atoms with Crippen LogP contribution < -0.4 is 4.72 Å². The Balaban J connectivity index is 2.28. The first-order chi connectivity index (χ1) is 9.25. The van der Waals surface area contributed by atoms with Crippen LogP contribution in [0.1, 0.15) is 38.7 Å². The van der Waals surface area contributed by atoms with Crippen molar-refractivity contribution in [3.05, 3.63) is 34.9 Å². The van der Waals surface area contributed by atoms with Crippen molar-refractivity contribution >= 4 is 21.6 Å². The highest BCUT2D eigenvalue weighted by atomic mass is 35.5. The maximum Gasteiger partial charge on any atom is 0.214 e. The van der Waals surface area contributed by atoms with E-state index in [1.807, 2.05) is 0 Å². The predicted molar refractivity (Wildman–Crippen MR) is 80.2 cm³/mol. The van der Waals surface area contributed by atoms with Crippen molar-refractivity contribution in [1.29, 1.82) is 0 Å². The summed E-state index contributed by atoms with van der Waals surface area (Å²) in [5.74, 6) is 0. The van der Waals surface area contributed by atoms with Crippen LogP contribution >= 0.6 is 11.6 Å². The number of rotatable bonds is 4. The maximum absolute atomic E-state index is 12.0. The lowest BCUT2D eigenvalue weighted by Crippen LogP contribution is -2.48. The molecule has 0 saturated heterocycles. The van der Waals surface area contributed by atoms with Gasteiger partial charge >= 0.3 is 0 Å². The number of hydrogen-bond acceptors (Lipinski definition) is 3. The van der Waals surface area contributed by atoms with Gasteiger partial charge in [-0.15, -0.1) is 0 Å². The van der Waals surface area contributed by atoms with Crippen LogP contribution in [0.25, 0.3) is 0 Å². The van der Waals surface area contributed by atoms with Crippen molar-refractivity contribution in [2.75, 3.05) is 0 Å². The van der Waals surface area contributed by atoms with E-state index in [0.29, 0.717) is 23.4 Å². The standard InChI is InChI=1S/C14H20ClNO3S/c1-10(2)20(18,19)16-13-4-3-9-14(13,17)11-5-7-12(15)8-6-11/h5-8,10,13,16-17H,3-4,9H2,1-2H3. The van der Waals surface area contributed by atoms with Crippen LogP contribution in [0.4, 0.5) is 0 Å². The third-order valence-corrected chi connectivity index (χ3v) is 6.00. The van der Waals surface area contributed by atoms with Gasteiger partial charge in [0.1, 0.15) is 5.60 Å². The molecule has 0 heterocycles. The van der Waals surface area contributed by atoms with Crippen LogP contribution in [0, 0.1) is 0 Å². The number of hydrogen-bond donors (Lipinski definition) is 2. The van der Waals surface area contributed by atoms with Crippen molar-refractivity contribution in [2.45, 2.75) is 50.0 Å². The fraction of sp³-hybridized carbons (Fsp3) is 0.571. The van der Waals surface area contributed by atoms with Gasteiger partial charge in [-0.25, -0.2) is 13.1 Å². The molecule has 1 saturated carbocycles. The summed E-state index contributed by atoms with van der Waals surface area (Å²) in [4.78, 5) is 0. The lowest BCUT2D eigenvalue weighted by molar-refractivity contribution is 0.0231. The van der Waals surface area contributed by atoms with Crippen molar-refractivity contribution in [2.24, 2.45) is 0 Å². The largest absolute Gasteiger partial charge is 0.383 e. The molecule has 0 bridgehead atoms. The first-order valence-electron chi connectivity index (χ1n) is 6.75. The van der Waals surface area contributed by atoms with Crippen molar-refractivity contribution in [3.8, 4) is 0 Å². The van der Waals surface area contributed by atoms with Gasteiger partial charge in [-0.3, -0.25) is 0 Å². The van der Waals surface area contributed by atoms with Crippen LogP contribution in [0.2, 0.25) is 5.02 Å². The fourth-order valence-electron chi connectivity index (χ4n) is 2.56. The molecule has 0 spiro atoms. The quantitative estimate of drug-likeness (QED) is 0.896. The van der Waals surface area contributed by atoms with Crippen molar-refractivity contribution in [3.63, 3.8) is 0 Å². The summed E-state index contributed by atoms with van der Waals surface area (Å²) in [6.45, 7) is 3.25. The zero-order chi connectivity index (χ0) is 15.0. The SMILES string of the molecule is CC(C)S(=O)(=O)NC1CCCC1(O)c1ccc(Cl)cc1. The van der Waals surface area contributed by atoms with E-state index >= 15 is 0 Å². The number of halogens is 1. The number of nitrogens with one attached hydrogen (secondary N) is 1. The van der Waals surface area contributed by atoms with E-state index in [1.165, 1.54) is 0 Å². The number of sulfonamides is 1. The number of aliphatic hydroxyl groups is 1. The lowest BCUT2D eigenvalue weighted by Gasteiger charge is -2.31. The molecule has 0 radical (unpaired) electrons. The molecule has 0 aliphatic heterocycles. The van der Waals surface area contributed by atoms with E-state index in [9.17, 15) is 13.5 Å². The van der Waals surface area contributed by atoms with Gasteiger partial charge in [0, 0.05) is 5.02 Å². The molecule has 2 N–H and O–H groups in total. The van der Waals surface area contributed by atoms with E-state index in [2.05, 4.69) is 4.72 Å². The molecule has 112 valence electrons. The third kappa shape index (κ3) is 3.01. The Morgan fingerprint density at radius 2 is 1.95 bits per heavy atom. The van der Waals surface area contributed by atoms with Crippen LogP contribution in [0.3, 0.4) is 0 Å². The molecule has 0 aromatic heterocycles. The highest BCUT2D eigenvalue weighted by Crippen LogP contribution is 2.39. The number of benzene rings is 1. The summed E-state index contributed by atoms with van der Waals surface area (Å²) in [7, 11) is -3.40. The molecular formula is C14H20ClNO3S. The molecule has 6 heteroatoms. The molecule has 1 fully saturated rings. The monoisotopic (exact) mass is 317 g/mol. The molecule has 2 rings (SSSR count). The second-order valence-corrected chi connectivity index (χ2v) is 8.29. The molecule has 4 nitrogen and oxygen atoms in total. The minimum Gasteiger partial charge on any atom is -0.383 e. The molecule has 1 aromatic rings. The van der Waals surface area contributed by atoms with Crippen LogP contribution in [-0.4, -0.2) is 24.8 Å². The Morgan fingerprint density at radius 1 is 1.35 bits per heavy atom. The van der Waals surface area contributed by atoms with Gasteiger partial charge in [0.2, 0.25) is 10.0 Å². The molecule has 1 aromatic carbocycles. The van der Waals surface area contributed by atoms with E-state index in [0.717, 1.165) is 6.42 Å². The summed E-state index contributed by atoms with van der Waals surface area (Å²) in [5, 5.41) is 11.0. The Kier molecular flexibility index (Phi) is 4.44. The Bertz CT molecular complexity index is 571. The van der Waals surface area contributed by atoms with Crippen LogP contribution in [0.5, 0.6) is 0 Å². The summed E-state index contributed by atoms with van der Waals surface area (Å²) >= 11 is 5.86. The minimum atomic E-state index is -3.40. The van der Waals surface area contributed by atoms with Gasteiger partial charge in [0.15, 0.2) is 0 Å². The summed E-state index contributed by atoms with van der Waals surface area (Å²) in [6.07, 6.45) is 1.95. The Morgan fingerprint density at radius 3 is 2.50 bits per heavy atom. The van der Waals surface area contributed by atoms with E-state index in [4.69, 9.17) is 11.6 Å². The Labute approximate surface area is 125 Å². The molecular weight excluding hydrogens is 298 g/mol. The zero-order valence-corrected chi connectivity index (χ0v) is 13.2. The molecule has 1 aliphatic rings. The molecule has 2 unspecified atom stereocenters. The zero-order valence-electron chi connectivity index (χ0n) is 11.6. The third-order valence-electron chi connectivity index (χ3n) is 3.90. The average Bonchev–Trinajstić information content (AvgIpc) is 2.72. The van der Waals surface area contributed by atoms with Crippen LogP contribution in [0.15, 0.2) is 24.3 Å². The van der Waals surface area contributed by atoms with Gasteiger partial charge in [0.25, 0.3) is 0 Å². The van der Waals surface area contributed by atoms with Gasteiger partial charge in [0.05, 0.1) is 11.3 Å². The van der Waals surface area contributed by atoms with Gasteiger partial charge in [-0.2, -0.15) is 0 Å². The summed E-state index contributed by atoms with van der Waals surface area (Å²) < 4.78 is 26.7. The highest BCUT2D eigenvalue weighted by Gasteiger charge is 2.44. The molecule has 1 aliphatic carbocycles. The van der Waals surface area contributed by atoms with E-state index < -0.39 is 26.9 Å². The lowest BCUT2D eigenvalue weighted by atomic mass is 9.89. The first-order valence-corrected chi connectivity index (χ1v) is 8.68. The summed E-state index contributed by atoms with van der Waals surface area (Å²) in [6, 6.07) is 6.44. The van der Waals surface area contributed by atoms with E-state index in [1.54, 1.807) is 38.1 Å². The first kappa shape index (κ1) is 15.8. The normalized spacial score (nSPS) is 27.1. The topological polar surface area (TPSA) is 66.4 Å². The van der Waals surface area contributed by atoms with Gasteiger partial charge in [-0.05, 0) is 50.8 Å². The van der Waals surface area contributed by atoms with Crippen molar-refractivity contribution < 1.29 is 13.5 Å². The second-order valence-electron chi connectivity index (χ2n) is 5.59. The second kappa shape index (κ2) is 5.64. The predicted octanol–water partition coefficient (Wildman–Crippen LogP) is 2.41. The average molecular weight is 318 g/mol. The van der Waals surface area contributed by atoms with E-state index in [-0.39, 0.29) is 0 Å². The van der Waals surface area contributed by atoms with Gasteiger partial charge in [-0.1, -0.05) is 23.7 Å². The molecule has 20 heavy (non-hydrogen) atoms. The highest BCUT2D eigenvalue weighted by molar-refractivity contribution is 7.90. The van der Waals surface area contributed by atoms with Crippen molar-refractivity contribution in [1.82, 2.24) is 4.72 Å². The minimum absolute atomic E-state index is 0.490.